The van der Waals surface area contributed by atoms with Crippen LogP contribution in [-0.2, 0) is 4.74 Å². The highest BCUT2D eigenvalue weighted by Gasteiger charge is 2.18. The average Bonchev–Trinajstić information content (AvgIpc) is 2.29. The molecule has 0 aromatic carbocycles. The van der Waals surface area contributed by atoms with Crippen molar-refractivity contribution in [1.29, 1.82) is 0 Å². The summed E-state index contributed by atoms with van der Waals surface area (Å²) in [5, 5.41) is 3.68. The molecule has 0 radical (unpaired) electrons. The zero-order valence-corrected chi connectivity index (χ0v) is 12.6. The Morgan fingerprint density at radius 2 is 2.18 bits per heavy atom. The van der Waals surface area contributed by atoms with Gasteiger partial charge in [-0.25, -0.2) is 9.97 Å². The zero-order chi connectivity index (χ0) is 12.9. The van der Waals surface area contributed by atoms with Gasteiger partial charge in [-0.05, 0) is 27.8 Å². The molecule has 96 valence electrons. The van der Waals surface area contributed by atoms with Gasteiger partial charge in [0.2, 0.25) is 0 Å². The second-order valence-electron chi connectivity index (χ2n) is 4.59. The summed E-state index contributed by atoms with van der Waals surface area (Å²) in [5.41, 5.74) is 0.132. The van der Waals surface area contributed by atoms with Gasteiger partial charge < -0.3 is 10.1 Å². The molecule has 0 aliphatic carbocycles. The highest BCUT2D eigenvalue weighted by atomic mass is 79.9. The topological polar surface area (TPSA) is 47.0 Å². The van der Waals surface area contributed by atoms with Crippen LogP contribution in [0.1, 0.15) is 20.3 Å². The van der Waals surface area contributed by atoms with Crippen molar-refractivity contribution in [3.8, 4) is 0 Å². The maximum Gasteiger partial charge on any atom is 0.148 e. The Hall–Kier alpha value is -0.390. The predicted octanol–water partition coefficient (Wildman–Crippen LogP) is 3.37. The van der Waals surface area contributed by atoms with Crippen LogP contribution in [0.5, 0.6) is 0 Å². The fourth-order valence-electron chi connectivity index (χ4n) is 1.26. The van der Waals surface area contributed by atoms with Gasteiger partial charge in [-0.2, -0.15) is 0 Å². The van der Waals surface area contributed by atoms with Crippen molar-refractivity contribution in [3.05, 3.63) is 16.0 Å². The van der Waals surface area contributed by atoms with E-state index >= 15 is 0 Å². The summed E-state index contributed by atoms with van der Waals surface area (Å²) >= 11 is 9.25. The lowest BCUT2D eigenvalue weighted by Crippen LogP contribution is -2.25. The zero-order valence-electron chi connectivity index (χ0n) is 10.3. The van der Waals surface area contributed by atoms with E-state index in [1.807, 2.05) is 0 Å². The molecule has 1 heterocycles. The summed E-state index contributed by atoms with van der Waals surface area (Å²) in [5.74, 6) is 0.718. The number of methoxy groups -OCH3 is 1. The van der Waals surface area contributed by atoms with Crippen LogP contribution in [0, 0.1) is 5.41 Å². The van der Waals surface area contributed by atoms with Crippen LogP contribution < -0.4 is 5.32 Å². The minimum Gasteiger partial charge on any atom is -0.385 e. The maximum atomic E-state index is 5.89. The third-order valence-corrected chi connectivity index (χ3v) is 3.73. The summed E-state index contributed by atoms with van der Waals surface area (Å²) in [6.07, 6.45) is 2.42. The standard InChI is InChI=1S/C11H17BrClN3O/c1-11(2,4-5-17-3)6-14-10-8(12)9(13)15-7-16-10/h7H,4-6H2,1-3H3,(H,14,15,16). The van der Waals surface area contributed by atoms with E-state index < -0.39 is 0 Å². The molecule has 1 aromatic heterocycles. The first-order valence-electron chi connectivity index (χ1n) is 5.35. The van der Waals surface area contributed by atoms with Crippen molar-refractivity contribution >= 4 is 33.3 Å². The van der Waals surface area contributed by atoms with Gasteiger partial charge in [0.25, 0.3) is 0 Å². The fraction of sp³-hybridized carbons (Fsp3) is 0.636. The molecule has 1 aromatic rings. The van der Waals surface area contributed by atoms with E-state index in [1.165, 1.54) is 6.33 Å². The van der Waals surface area contributed by atoms with E-state index in [2.05, 4.69) is 45.1 Å². The van der Waals surface area contributed by atoms with E-state index in [-0.39, 0.29) is 5.41 Å². The van der Waals surface area contributed by atoms with Crippen molar-refractivity contribution < 1.29 is 4.74 Å². The van der Waals surface area contributed by atoms with E-state index in [0.29, 0.717) is 9.63 Å². The monoisotopic (exact) mass is 321 g/mol. The Labute approximate surface area is 115 Å². The number of hydrogen-bond donors (Lipinski definition) is 1. The molecule has 0 atom stereocenters. The first kappa shape index (κ1) is 14.7. The highest BCUT2D eigenvalue weighted by molar-refractivity contribution is 9.10. The number of aromatic nitrogens is 2. The van der Waals surface area contributed by atoms with Gasteiger partial charge in [0.15, 0.2) is 0 Å². The average molecular weight is 323 g/mol. The molecule has 0 fully saturated rings. The van der Waals surface area contributed by atoms with E-state index in [1.54, 1.807) is 7.11 Å². The van der Waals surface area contributed by atoms with E-state index in [9.17, 15) is 0 Å². The van der Waals surface area contributed by atoms with Gasteiger partial charge in [0.1, 0.15) is 17.3 Å². The van der Waals surface area contributed by atoms with Crippen molar-refractivity contribution in [1.82, 2.24) is 9.97 Å². The molecular formula is C11H17BrClN3O. The summed E-state index contributed by atoms with van der Waals surface area (Å²) in [7, 11) is 1.71. The minimum atomic E-state index is 0.132. The van der Waals surface area contributed by atoms with Crippen LogP contribution in [0.3, 0.4) is 0 Å². The Morgan fingerprint density at radius 1 is 1.47 bits per heavy atom. The lowest BCUT2D eigenvalue weighted by Gasteiger charge is -2.25. The second kappa shape index (κ2) is 6.52. The van der Waals surface area contributed by atoms with Crippen LogP contribution in [0.25, 0.3) is 0 Å². The Kier molecular flexibility index (Phi) is 5.62. The number of ether oxygens (including phenoxy) is 1. The number of nitrogens with one attached hydrogen (secondary N) is 1. The molecule has 1 N–H and O–H groups in total. The molecule has 0 saturated heterocycles. The molecule has 17 heavy (non-hydrogen) atoms. The first-order valence-corrected chi connectivity index (χ1v) is 6.52. The molecule has 0 saturated carbocycles. The van der Waals surface area contributed by atoms with Gasteiger partial charge in [-0.1, -0.05) is 25.4 Å². The second-order valence-corrected chi connectivity index (χ2v) is 5.74. The Morgan fingerprint density at radius 3 is 2.82 bits per heavy atom. The van der Waals surface area contributed by atoms with Gasteiger partial charge in [0, 0.05) is 20.3 Å². The number of anilines is 1. The summed E-state index contributed by atoms with van der Waals surface area (Å²) in [6, 6.07) is 0. The largest absolute Gasteiger partial charge is 0.385 e. The van der Waals surface area contributed by atoms with Crippen LogP contribution in [0.15, 0.2) is 10.8 Å². The molecule has 0 unspecified atom stereocenters. The van der Waals surface area contributed by atoms with Gasteiger partial charge in [0.05, 0.1) is 4.47 Å². The summed E-state index contributed by atoms with van der Waals surface area (Å²) in [4.78, 5) is 8.02. The summed E-state index contributed by atoms with van der Waals surface area (Å²) in [6.45, 7) is 5.90. The van der Waals surface area contributed by atoms with Crippen molar-refractivity contribution in [2.75, 3.05) is 25.6 Å². The third kappa shape index (κ3) is 4.77. The van der Waals surface area contributed by atoms with Crippen LogP contribution in [-0.4, -0.2) is 30.2 Å². The molecule has 1 rings (SSSR count). The normalized spacial score (nSPS) is 11.6. The first-order chi connectivity index (χ1) is 7.96. The predicted molar refractivity (Wildman–Crippen MR) is 73.5 cm³/mol. The van der Waals surface area contributed by atoms with E-state index in [4.69, 9.17) is 16.3 Å². The van der Waals surface area contributed by atoms with Crippen LogP contribution in [0.2, 0.25) is 5.15 Å². The minimum absolute atomic E-state index is 0.132. The lowest BCUT2D eigenvalue weighted by molar-refractivity contribution is 0.157. The molecule has 0 bridgehead atoms. The van der Waals surface area contributed by atoms with Crippen LogP contribution in [0.4, 0.5) is 5.82 Å². The Balaban J connectivity index is 2.58. The van der Waals surface area contributed by atoms with Crippen molar-refractivity contribution in [2.24, 2.45) is 5.41 Å². The van der Waals surface area contributed by atoms with Gasteiger partial charge in [-0.15, -0.1) is 0 Å². The van der Waals surface area contributed by atoms with Crippen molar-refractivity contribution in [2.45, 2.75) is 20.3 Å². The maximum absolute atomic E-state index is 5.89. The Bertz CT molecular complexity index is 374. The summed E-state index contributed by atoms with van der Waals surface area (Å²) < 4.78 is 5.79. The van der Waals surface area contributed by atoms with Gasteiger partial charge >= 0.3 is 0 Å². The number of nitrogens with zero attached hydrogens (tertiary/aromatic N) is 2. The lowest BCUT2D eigenvalue weighted by atomic mass is 9.90. The number of rotatable bonds is 6. The number of hydrogen-bond acceptors (Lipinski definition) is 4. The molecule has 0 spiro atoms. The van der Waals surface area contributed by atoms with E-state index in [0.717, 1.165) is 25.4 Å². The fourth-order valence-corrected chi connectivity index (χ4v) is 1.74. The molecule has 4 nitrogen and oxygen atoms in total. The molecule has 0 amide bonds. The quantitative estimate of drug-likeness (QED) is 0.816. The molecule has 0 aliphatic rings. The number of halogens is 2. The molecular weight excluding hydrogens is 305 g/mol. The SMILES string of the molecule is COCCC(C)(C)CNc1ncnc(Cl)c1Br. The smallest absolute Gasteiger partial charge is 0.148 e. The van der Waals surface area contributed by atoms with Gasteiger partial charge in [-0.3, -0.25) is 0 Å². The van der Waals surface area contributed by atoms with Crippen molar-refractivity contribution in [3.63, 3.8) is 0 Å². The molecule has 0 aliphatic heterocycles. The van der Waals surface area contributed by atoms with Crippen LogP contribution >= 0.6 is 27.5 Å². The molecule has 6 heteroatoms. The third-order valence-electron chi connectivity index (χ3n) is 2.46. The highest BCUT2D eigenvalue weighted by Crippen LogP contribution is 2.28.